The van der Waals surface area contributed by atoms with Gasteiger partial charge in [0.15, 0.2) is 0 Å². The van der Waals surface area contributed by atoms with Crippen LogP contribution in [0.2, 0.25) is 5.02 Å². The van der Waals surface area contributed by atoms with Crippen LogP contribution in [-0.4, -0.2) is 29.6 Å². The lowest BCUT2D eigenvalue weighted by Crippen LogP contribution is -2.27. The van der Waals surface area contributed by atoms with E-state index >= 15 is 0 Å². The third-order valence-corrected chi connectivity index (χ3v) is 6.10. The highest BCUT2D eigenvalue weighted by atomic mass is 35.5. The topological polar surface area (TPSA) is 132 Å². The number of fused-ring (bicyclic) bond motifs is 1. The van der Waals surface area contributed by atoms with Gasteiger partial charge in [-0.1, -0.05) is 47.9 Å². The van der Waals surface area contributed by atoms with Crippen molar-refractivity contribution in [3.05, 3.63) is 111 Å². The predicted octanol–water partition coefficient (Wildman–Crippen LogP) is 3.87. The van der Waals surface area contributed by atoms with Crippen molar-refractivity contribution in [2.45, 2.75) is 19.6 Å². The number of hydrogen-bond donors (Lipinski definition) is 3. The molecule has 1 atom stereocenters. The van der Waals surface area contributed by atoms with Gasteiger partial charge in [0.2, 0.25) is 0 Å². The van der Waals surface area contributed by atoms with Gasteiger partial charge in [-0.25, -0.2) is 19.9 Å². The maximum atomic E-state index is 13.7. The van der Waals surface area contributed by atoms with Crippen molar-refractivity contribution in [1.82, 2.24) is 24.5 Å². The first-order chi connectivity index (χ1) is 18.5. The Morgan fingerprint density at radius 3 is 2.61 bits per heavy atom. The zero-order valence-electron chi connectivity index (χ0n) is 20.3. The molecule has 5 rings (SSSR count). The van der Waals surface area contributed by atoms with Crippen LogP contribution in [-0.2, 0) is 6.61 Å². The van der Waals surface area contributed by atoms with Crippen LogP contribution in [0.3, 0.4) is 0 Å². The fourth-order valence-corrected chi connectivity index (χ4v) is 4.24. The van der Waals surface area contributed by atoms with E-state index in [0.717, 1.165) is 0 Å². The van der Waals surface area contributed by atoms with Crippen molar-refractivity contribution < 1.29 is 5.11 Å². The first-order valence-corrected chi connectivity index (χ1v) is 12.1. The van der Waals surface area contributed by atoms with Crippen LogP contribution in [0.25, 0.3) is 16.6 Å². The van der Waals surface area contributed by atoms with Crippen molar-refractivity contribution in [3.63, 3.8) is 0 Å². The molecule has 0 saturated carbocycles. The van der Waals surface area contributed by atoms with Crippen LogP contribution in [0.4, 0.5) is 11.6 Å². The molecule has 10 heteroatoms. The normalized spacial score (nSPS) is 11.6. The number of benzene rings is 2. The fourth-order valence-electron chi connectivity index (χ4n) is 3.99. The minimum absolute atomic E-state index is 0.180. The highest BCUT2D eigenvalue weighted by molar-refractivity contribution is 6.35. The Morgan fingerprint density at radius 1 is 1.03 bits per heavy atom. The zero-order valence-corrected chi connectivity index (χ0v) is 21.0. The van der Waals surface area contributed by atoms with E-state index in [1.807, 2.05) is 37.3 Å². The molecule has 0 aliphatic rings. The molecule has 4 N–H and O–H groups in total. The zero-order chi connectivity index (χ0) is 26.6. The number of pyridine rings is 1. The van der Waals surface area contributed by atoms with Crippen LogP contribution in [0.5, 0.6) is 0 Å². The third-order valence-electron chi connectivity index (χ3n) is 5.79. The number of nitrogen functional groups attached to an aromatic ring is 1. The second kappa shape index (κ2) is 10.7. The van der Waals surface area contributed by atoms with Crippen molar-refractivity contribution >= 4 is 34.1 Å². The minimum atomic E-state index is -0.503. The number of para-hydroxylation sites is 1. The Labute approximate surface area is 223 Å². The summed E-state index contributed by atoms with van der Waals surface area (Å²) in [6.07, 6.45) is 1.33. The average molecular weight is 524 g/mol. The van der Waals surface area contributed by atoms with Gasteiger partial charge in [0.1, 0.15) is 35.0 Å². The standard InChI is InChI=1S/C28H22ClN7O2/c1-17(33-26-21(25(30)31-16-32-26)14-13-18-7-5-8-19(15-37)34-18)27-35-23-12-6-11-22(29)24(23)28(38)36(27)20-9-3-2-4-10-20/h2-12,16-17,37H,15H2,1H3,(H3,30,31,32,33). The van der Waals surface area contributed by atoms with Crippen LogP contribution < -0.4 is 16.6 Å². The van der Waals surface area contributed by atoms with E-state index in [0.29, 0.717) is 50.2 Å². The van der Waals surface area contributed by atoms with Crippen molar-refractivity contribution in [3.8, 4) is 17.5 Å². The molecule has 2 aromatic carbocycles. The van der Waals surface area contributed by atoms with Gasteiger partial charge in [-0.2, -0.15) is 0 Å². The molecule has 1 unspecified atom stereocenters. The number of rotatable bonds is 5. The maximum Gasteiger partial charge on any atom is 0.267 e. The van der Waals surface area contributed by atoms with E-state index < -0.39 is 6.04 Å². The van der Waals surface area contributed by atoms with Gasteiger partial charge in [0, 0.05) is 0 Å². The molecule has 0 spiro atoms. The minimum Gasteiger partial charge on any atom is -0.390 e. The molecule has 0 saturated heterocycles. The molecule has 0 amide bonds. The lowest BCUT2D eigenvalue weighted by Gasteiger charge is -2.21. The van der Waals surface area contributed by atoms with Gasteiger partial charge in [0.05, 0.1) is 40.0 Å². The van der Waals surface area contributed by atoms with Gasteiger partial charge in [-0.3, -0.25) is 9.36 Å². The summed E-state index contributed by atoms with van der Waals surface area (Å²) < 4.78 is 1.53. The van der Waals surface area contributed by atoms with Crippen molar-refractivity contribution in [2.75, 3.05) is 11.1 Å². The number of nitrogens with one attached hydrogen (secondary N) is 1. The summed E-state index contributed by atoms with van der Waals surface area (Å²) in [7, 11) is 0. The summed E-state index contributed by atoms with van der Waals surface area (Å²) in [6, 6.07) is 19.1. The molecule has 9 nitrogen and oxygen atoms in total. The van der Waals surface area contributed by atoms with Gasteiger partial charge >= 0.3 is 0 Å². The summed E-state index contributed by atoms with van der Waals surface area (Å²) in [4.78, 5) is 31.2. The summed E-state index contributed by atoms with van der Waals surface area (Å²) in [6.45, 7) is 1.67. The Hall–Kier alpha value is -4.78. The molecule has 0 aliphatic heterocycles. The van der Waals surface area contributed by atoms with Crippen LogP contribution in [0, 0.1) is 11.8 Å². The highest BCUT2D eigenvalue weighted by Crippen LogP contribution is 2.26. The number of anilines is 2. The molecular formula is C28H22ClN7O2. The largest absolute Gasteiger partial charge is 0.390 e. The molecule has 0 aliphatic carbocycles. The summed E-state index contributed by atoms with van der Waals surface area (Å²) in [5.41, 5.74) is 8.33. The number of aromatic nitrogens is 5. The van der Waals surface area contributed by atoms with E-state index in [2.05, 4.69) is 32.1 Å². The molecule has 3 heterocycles. The molecule has 188 valence electrons. The second-order valence-electron chi connectivity index (χ2n) is 8.35. The Morgan fingerprint density at radius 2 is 1.82 bits per heavy atom. The number of halogens is 1. The second-order valence-corrected chi connectivity index (χ2v) is 8.76. The van der Waals surface area contributed by atoms with Gasteiger partial charge < -0.3 is 16.2 Å². The summed E-state index contributed by atoms with van der Waals surface area (Å²) in [5, 5.41) is 13.3. The predicted molar refractivity (Wildman–Crippen MR) is 147 cm³/mol. The van der Waals surface area contributed by atoms with Crippen LogP contribution >= 0.6 is 11.6 Å². The summed E-state index contributed by atoms with van der Waals surface area (Å²) in [5.74, 6) is 6.94. The van der Waals surface area contributed by atoms with E-state index in [-0.39, 0.29) is 18.0 Å². The van der Waals surface area contributed by atoms with Crippen molar-refractivity contribution in [2.24, 2.45) is 0 Å². The Kier molecular flexibility index (Phi) is 7.00. The molecule has 5 aromatic rings. The van der Waals surface area contributed by atoms with E-state index in [4.69, 9.17) is 22.3 Å². The number of aliphatic hydroxyl groups is 1. The Bertz CT molecular complexity index is 1760. The monoisotopic (exact) mass is 523 g/mol. The number of nitrogens with two attached hydrogens (primary N) is 1. The van der Waals surface area contributed by atoms with Gasteiger partial charge in [-0.05, 0) is 49.2 Å². The first-order valence-electron chi connectivity index (χ1n) is 11.7. The highest BCUT2D eigenvalue weighted by Gasteiger charge is 2.21. The lowest BCUT2D eigenvalue weighted by molar-refractivity contribution is 0.277. The van der Waals surface area contributed by atoms with Gasteiger partial charge in [-0.15, -0.1) is 0 Å². The quantitative estimate of drug-likeness (QED) is 0.296. The van der Waals surface area contributed by atoms with Crippen LogP contribution in [0.15, 0.2) is 77.9 Å². The van der Waals surface area contributed by atoms with Crippen LogP contribution in [0.1, 0.15) is 35.7 Å². The number of nitrogens with zero attached hydrogens (tertiary/aromatic N) is 5. The number of aliphatic hydroxyl groups excluding tert-OH is 1. The summed E-state index contributed by atoms with van der Waals surface area (Å²) >= 11 is 6.39. The molecular weight excluding hydrogens is 502 g/mol. The smallest absolute Gasteiger partial charge is 0.267 e. The molecule has 38 heavy (non-hydrogen) atoms. The molecule has 0 fully saturated rings. The van der Waals surface area contributed by atoms with E-state index in [1.165, 1.54) is 10.9 Å². The maximum absolute atomic E-state index is 13.7. The van der Waals surface area contributed by atoms with Gasteiger partial charge in [0.25, 0.3) is 5.56 Å². The molecule has 0 bridgehead atoms. The van der Waals surface area contributed by atoms with E-state index in [9.17, 15) is 9.90 Å². The SMILES string of the molecule is CC(Nc1ncnc(N)c1C#Cc1cccc(CO)n1)c1nc2cccc(Cl)c2c(=O)n1-c1ccccc1. The average Bonchev–Trinajstić information content (AvgIpc) is 2.93. The van der Waals surface area contributed by atoms with E-state index in [1.54, 1.807) is 36.4 Å². The first kappa shape index (κ1) is 24.9. The Balaban J connectivity index is 1.60. The number of hydrogen-bond acceptors (Lipinski definition) is 8. The fraction of sp³-hybridized carbons (Fsp3) is 0.107. The third kappa shape index (κ3) is 4.91. The van der Waals surface area contributed by atoms with Crippen molar-refractivity contribution in [1.29, 1.82) is 0 Å². The molecule has 3 aromatic heterocycles. The molecule has 0 radical (unpaired) electrons. The lowest BCUT2D eigenvalue weighted by atomic mass is 10.2.